The number of hydrogen-bond donors (Lipinski definition) is 2. The molecule has 5 nitrogen and oxygen atoms in total. The molecule has 0 atom stereocenters. The second-order valence-electron chi connectivity index (χ2n) is 6.84. The topological polar surface area (TPSA) is 71.1 Å². The number of nitrogens with one attached hydrogen (secondary N) is 2. The number of hydrogen-bond acceptors (Lipinski definition) is 4. The maximum atomic E-state index is 13.2. The zero-order valence-corrected chi connectivity index (χ0v) is 16.0. The van der Waals surface area contributed by atoms with Crippen LogP contribution in [-0.4, -0.2) is 16.8 Å². The smallest absolute Gasteiger partial charge is 0.236 e. The van der Waals surface area contributed by atoms with E-state index in [1.807, 2.05) is 29.6 Å². The summed E-state index contributed by atoms with van der Waals surface area (Å²) in [6.07, 6.45) is 1.49. The standard InChI is InChI=1S/C21H18FN3O2S/c1-13(26)23-17-8-2-14(3-9-17)18-12-28-20(24-18)25-19(27)21(10-11-21)15-4-6-16(22)7-5-15/h2-9,12H,10-11H2,1H3,(H,23,26)(H,24,25,27). The number of rotatable bonds is 5. The van der Waals surface area contributed by atoms with E-state index in [1.165, 1.54) is 30.4 Å². The lowest BCUT2D eigenvalue weighted by Crippen LogP contribution is -2.27. The van der Waals surface area contributed by atoms with Crippen molar-refractivity contribution in [3.05, 3.63) is 65.3 Å². The predicted octanol–water partition coefficient (Wildman–Crippen LogP) is 4.58. The number of carbonyl (C=O) groups is 2. The number of nitrogens with zero attached hydrogens (tertiary/aromatic N) is 1. The van der Waals surface area contributed by atoms with Gasteiger partial charge in [0.1, 0.15) is 5.82 Å². The van der Waals surface area contributed by atoms with Crippen LogP contribution in [0.15, 0.2) is 53.9 Å². The number of benzene rings is 2. The van der Waals surface area contributed by atoms with E-state index in [4.69, 9.17) is 0 Å². The molecule has 4 rings (SSSR count). The van der Waals surface area contributed by atoms with Gasteiger partial charge in [-0.3, -0.25) is 9.59 Å². The fourth-order valence-electron chi connectivity index (χ4n) is 3.15. The Balaban J connectivity index is 1.47. The van der Waals surface area contributed by atoms with Crippen LogP contribution in [0.4, 0.5) is 15.2 Å². The molecule has 0 aliphatic heterocycles. The third kappa shape index (κ3) is 3.66. The molecule has 0 saturated heterocycles. The van der Waals surface area contributed by atoms with Gasteiger partial charge >= 0.3 is 0 Å². The summed E-state index contributed by atoms with van der Waals surface area (Å²) in [4.78, 5) is 28.4. The lowest BCUT2D eigenvalue weighted by molar-refractivity contribution is -0.118. The fourth-order valence-corrected chi connectivity index (χ4v) is 3.86. The summed E-state index contributed by atoms with van der Waals surface area (Å²) in [6.45, 7) is 1.46. The average molecular weight is 395 g/mol. The molecular formula is C21H18FN3O2S. The molecule has 2 N–H and O–H groups in total. The van der Waals surface area contributed by atoms with Gasteiger partial charge in [0.15, 0.2) is 5.13 Å². The van der Waals surface area contributed by atoms with Gasteiger partial charge in [-0.1, -0.05) is 24.3 Å². The Bertz CT molecular complexity index is 1020. The van der Waals surface area contributed by atoms with Crippen LogP contribution in [0.25, 0.3) is 11.3 Å². The highest BCUT2D eigenvalue weighted by Crippen LogP contribution is 2.49. The van der Waals surface area contributed by atoms with E-state index in [0.29, 0.717) is 5.13 Å². The van der Waals surface area contributed by atoms with Gasteiger partial charge in [-0.25, -0.2) is 9.37 Å². The van der Waals surface area contributed by atoms with Crippen molar-refractivity contribution in [2.45, 2.75) is 25.2 Å². The van der Waals surface area contributed by atoms with Gasteiger partial charge in [-0.05, 0) is 42.7 Å². The minimum absolute atomic E-state index is 0.110. The Labute approximate surface area is 165 Å². The highest BCUT2D eigenvalue weighted by Gasteiger charge is 2.51. The van der Waals surface area contributed by atoms with Crippen LogP contribution >= 0.6 is 11.3 Å². The second kappa shape index (κ2) is 7.16. The minimum atomic E-state index is -0.584. The van der Waals surface area contributed by atoms with Crippen LogP contribution in [0.2, 0.25) is 0 Å². The lowest BCUT2D eigenvalue weighted by atomic mass is 9.95. The Morgan fingerprint density at radius 2 is 1.71 bits per heavy atom. The van der Waals surface area contributed by atoms with E-state index in [-0.39, 0.29) is 17.6 Å². The molecule has 1 fully saturated rings. The van der Waals surface area contributed by atoms with Crippen molar-refractivity contribution in [2.75, 3.05) is 10.6 Å². The van der Waals surface area contributed by atoms with E-state index >= 15 is 0 Å². The molecule has 2 amide bonds. The summed E-state index contributed by atoms with van der Waals surface area (Å²) in [5.74, 6) is -0.545. The maximum Gasteiger partial charge on any atom is 0.236 e. The number of amides is 2. The van der Waals surface area contributed by atoms with Crippen molar-refractivity contribution >= 4 is 34.0 Å². The van der Waals surface area contributed by atoms with E-state index in [2.05, 4.69) is 15.6 Å². The average Bonchev–Trinajstić information content (AvgIpc) is 3.36. The molecule has 1 aliphatic rings. The second-order valence-corrected chi connectivity index (χ2v) is 7.70. The van der Waals surface area contributed by atoms with Gasteiger partial charge < -0.3 is 10.6 Å². The molecule has 1 aliphatic carbocycles. The quantitative estimate of drug-likeness (QED) is 0.664. The SMILES string of the molecule is CC(=O)Nc1ccc(-c2csc(NC(=O)C3(c4ccc(F)cc4)CC3)n2)cc1. The first-order chi connectivity index (χ1) is 13.5. The molecule has 2 aromatic carbocycles. The molecule has 1 heterocycles. The molecule has 3 aromatic rings. The molecule has 0 unspecified atom stereocenters. The minimum Gasteiger partial charge on any atom is -0.326 e. The fraction of sp³-hybridized carbons (Fsp3) is 0.190. The third-order valence-electron chi connectivity index (χ3n) is 4.81. The Kier molecular flexibility index (Phi) is 4.68. The van der Waals surface area contributed by atoms with E-state index < -0.39 is 5.41 Å². The first kappa shape index (κ1) is 18.3. The first-order valence-corrected chi connectivity index (χ1v) is 9.75. The van der Waals surface area contributed by atoms with E-state index in [0.717, 1.165) is 35.3 Å². The molecule has 28 heavy (non-hydrogen) atoms. The van der Waals surface area contributed by atoms with Crippen LogP contribution in [0, 0.1) is 5.82 Å². The van der Waals surface area contributed by atoms with E-state index in [1.54, 1.807) is 12.1 Å². The van der Waals surface area contributed by atoms with Crippen molar-refractivity contribution in [2.24, 2.45) is 0 Å². The summed E-state index contributed by atoms with van der Waals surface area (Å²) < 4.78 is 13.2. The van der Waals surface area contributed by atoms with Gasteiger partial charge in [0.05, 0.1) is 11.1 Å². The van der Waals surface area contributed by atoms with Crippen LogP contribution in [0.1, 0.15) is 25.3 Å². The van der Waals surface area contributed by atoms with Gasteiger partial charge in [0, 0.05) is 23.6 Å². The van der Waals surface area contributed by atoms with Crippen molar-refractivity contribution in [1.29, 1.82) is 0 Å². The number of anilines is 2. The normalized spacial score (nSPS) is 14.4. The van der Waals surface area contributed by atoms with Crippen molar-refractivity contribution in [3.8, 4) is 11.3 Å². The van der Waals surface area contributed by atoms with Crippen LogP contribution in [0.5, 0.6) is 0 Å². The van der Waals surface area contributed by atoms with Crippen LogP contribution < -0.4 is 10.6 Å². The summed E-state index contributed by atoms with van der Waals surface area (Å²) >= 11 is 1.36. The summed E-state index contributed by atoms with van der Waals surface area (Å²) in [7, 11) is 0. The number of aromatic nitrogens is 1. The number of thiazole rings is 1. The van der Waals surface area contributed by atoms with Crippen molar-refractivity contribution in [3.63, 3.8) is 0 Å². The number of carbonyl (C=O) groups excluding carboxylic acids is 2. The predicted molar refractivity (Wildman–Crippen MR) is 108 cm³/mol. The zero-order valence-electron chi connectivity index (χ0n) is 15.2. The molecule has 0 bridgehead atoms. The molecular weight excluding hydrogens is 377 g/mol. The molecule has 142 valence electrons. The van der Waals surface area contributed by atoms with E-state index in [9.17, 15) is 14.0 Å². The van der Waals surface area contributed by atoms with Crippen LogP contribution in [0.3, 0.4) is 0 Å². The van der Waals surface area contributed by atoms with Gasteiger partial charge in [-0.2, -0.15) is 0 Å². The largest absolute Gasteiger partial charge is 0.326 e. The van der Waals surface area contributed by atoms with Gasteiger partial charge in [0.2, 0.25) is 11.8 Å². The van der Waals surface area contributed by atoms with Gasteiger partial charge in [-0.15, -0.1) is 11.3 Å². The summed E-state index contributed by atoms with van der Waals surface area (Å²) in [5, 5.41) is 8.03. The zero-order chi connectivity index (χ0) is 19.7. The molecule has 1 saturated carbocycles. The van der Waals surface area contributed by atoms with Gasteiger partial charge in [0.25, 0.3) is 0 Å². The van der Waals surface area contributed by atoms with Crippen molar-refractivity contribution in [1.82, 2.24) is 4.98 Å². The molecule has 1 aromatic heterocycles. The Morgan fingerprint density at radius 3 is 2.32 bits per heavy atom. The highest BCUT2D eigenvalue weighted by molar-refractivity contribution is 7.14. The highest BCUT2D eigenvalue weighted by atomic mass is 32.1. The summed E-state index contributed by atoms with van der Waals surface area (Å²) in [6, 6.07) is 13.5. The van der Waals surface area contributed by atoms with Crippen molar-refractivity contribution < 1.29 is 14.0 Å². The molecule has 7 heteroatoms. The maximum absolute atomic E-state index is 13.2. The number of halogens is 1. The Hall–Kier alpha value is -3.06. The molecule has 0 radical (unpaired) electrons. The molecule has 0 spiro atoms. The first-order valence-electron chi connectivity index (χ1n) is 8.87. The third-order valence-corrected chi connectivity index (χ3v) is 5.56. The monoisotopic (exact) mass is 395 g/mol. The Morgan fingerprint density at radius 1 is 1.04 bits per heavy atom. The van der Waals surface area contributed by atoms with Crippen LogP contribution in [-0.2, 0) is 15.0 Å². The lowest BCUT2D eigenvalue weighted by Gasteiger charge is -2.14. The summed E-state index contributed by atoms with van der Waals surface area (Å²) in [5.41, 5.74) is 2.61.